The van der Waals surface area contributed by atoms with E-state index in [0.717, 1.165) is 25.7 Å². The summed E-state index contributed by atoms with van der Waals surface area (Å²) in [6.07, 6.45) is 23.9. The normalized spacial score (nSPS) is 11.7. The fourth-order valence-electron chi connectivity index (χ4n) is 4.72. The molecule has 0 aromatic heterocycles. The summed E-state index contributed by atoms with van der Waals surface area (Å²) in [5.74, 6) is -0.462. The molecule has 4 nitrogen and oxygen atoms in total. The van der Waals surface area contributed by atoms with Gasteiger partial charge in [-0.1, -0.05) is 144 Å². The SMILES string of the molecule is CCCCCCCCCCCCCCCCCCOC(=O)C(CC)(CC)C(=O)OCC(CC)CC. The van der Waals surface area contributed by atoms with Gasteiger partial charge < -0.3 is 9.47 Å². The predicted octanol–water partition coefficient (Wildman–Crippen LogP) is 9.58. The van der Waals surface area contributed by atoms with Gasteiger partial charge in [0, 0.05) is 0 Å². The summed E-state index contributed by atoms with van der Waals surface area (Å²) in [5, 5.41) is 0. The van der Waals surface area contributed by atoms with E-state index in [1.54, 1.807) is 0 Å². The molecule has 0 saturated carbocycles. The zero-order valence-electron chi connectivity index (χ0n) is 24.3. The van der Waals surface area contributed by atoms with Gasteiger partial charge in [-0.15, -0.1) is 0 Å². The predicted molar refractivity (Wildman–Crippen MR) is 149 cm³/mol. The molecular weight excluding hydrogens is 436 g/mol. The van der Waals surface area contributed by atoms with E-state index in [-0.39, 0.29) is 0 Å². The van der Waals surface area contributed by atoms with E-state index in [1.807, 2.05) is 13.8 Å². The van der Waals surface area contributed by atoms with Crippen molar-refractivity contribution >= 4 is 11.9 Å². The first-order valence-electron chi connectivity index (χ1n) is 15.4. The maximum atomic E-state index is 12.8. The van der Waals surface area contributed by atoms with Gasteiger partial charge in [0.25, 0.3) is 0 Å². The van der Waals surface area contributed by atoms with Gasteiger partial charge in [-0.05, 0) is 25.2 Å². The van der Waals surface area contributed by atoms with Gasteiger partial charge in [0.05, 0.1) is 13.2 Å². The van der Waals surface area contributed by atoms with Gasteiger partial charge in [0.1, 0.15) is 0 Å². The highest BCUT2D eigenvalue weighted by molar-refractivity contribution is 6.00. The van der Waals surface area contributed by atoms with Crippen molar-refractivity contribution in [1.82, 2.24) is 0 Å². The number of carbonyl (C=O) groups is 2. The van der Waals surface area contributed by atoms with E-state index in [0.29, 0.717) is 32.0 Å². The molecule has 208 valence electrons. The molecule has 0 unspecified atom stereocenters. The highest BCUT2D eigenvalue weighted by Crippen LogP contribution is 2.31. The number of hydrogen-bond acceptors (Lipinski definition) is 4. The van der Waals surface area contributed by atoms with Crippen molar-refractivity contribution in [3.63, 3.8) is 0 Å². The lowest BCUT2D eigenvalue weighted by molar-refractivity contribution is -0.174. The standard InChI is InChI=1S/C31H60O4/c1-6-11-12-13-14-15-16-17-18-19-20-21-22-23-24-25-26-34-29(32)31(9-4,10-5)30(33)35-27-28(7-2)8-3/h28H,6-27H2,1-5H3. The molecule has 0 rings (SSSR count). The van der Waals surface area contributed by atoms with Gasteiger partial charge in [-0.3, -0.25) is 9.59 Å². The minimum absolute atomic E-state index is 0.353. The van der Waals surface area contributed by atoms with Crippen LogP contribution in [0.5, 0.6) is 0 Å². The van der Waals surface area contributed by atoms with Crippen LogP contribution >= 0.6 is 0 Å². The van der Waals surface area contributed by atoms with Crippen LogP contribution in [0.4, 0.5) is 0 Å². The summed E-state index contributed by atoms with van der Waals surface area (Å²) in [5.41, 5.74) is -1.15. The maximum Gasteiger partial charge on any atom is 0.323 e. The van der Waals surface area contributed by atoms with Crippen LogP contribution in [-0.4, -0.2) is 25.2 Å². The molecule has 35 heavy (non-hydrogen) atoms. The van der Waals surface area contributed by atoms with Crippen LogP contribution in [-0.2, 0) is 19.1 Å². The maximum absolute atomic E-state index is 12.8. The van der Waals surface area contributed by atoms with Gasteiger partial charge in [-0.25, -0.2) is 0 Å². The van der Waals surface area contributed by atoms with Crippen LogP contribution < -0.4 is 0 Å². The molecule has 0 aliphatic carbocycles. The lowest BCUT2D eigenvalue weighted by Crippen LogP contribution is -2.41. The van der Waals surface area contributed by atoms with Crippen LogP contribution in [0.15, 0.2) is 0 Å². The summed E-state index contributed by atoms with van der Waals surface area (Å²) in [6, 6.07) is 0. The fourth-order valence-corrected chi connectivity index (χ4v) is 4.72. The molecule has 0 aromatic rings. The van der Waals surface area contributed by atoms with Gasteiger partial charge >= 0.3 is 11.9 Å². The molecule has 0 aliphatic rings. The number of rotatable bonds is 25. The molecule has 0 N–H and O–H groups in total. The van der Waals surface area contributed by atoms with Crippen molar-refractivity contribution in [2.45, 2.75) is 163 Å². The van der Waals surface area contributed by atoms with Crippen molar-refractivity contribution < 1.29 is 19.1 Å². The van der Waals surface area contributed by atoms with Crippen LogP contribution in [0, 0.1) is 11.3 Å². The average molecular weight is 497 g/mol. The second kappa shape index (κ2) is 23.3. The summed E-state index contributed by atoms with van der Waals surface area (Å²) in [7, 11) is 0. The minimum atomic E-state index is -1.15. The van der Waals surface area contributed by atoms with Crippen molar-refractivity contribution in [2.75, 3.05) is 13.2 Å². The monoisotopic (exact) mass is 496 g/mol. The first kappa shape index (κ1) is 33.9. The largest absolute Gasteiger partial charge is 0.465 e. The molecule has 4 heteroatoms. The Morgan fingerprint density at radius 3 is 1.29 bits per heavy atom. The quantitative estimate of drug-likeness (QED) is 0.0717. The molecular formula is C31H60O4. The second-order valence-corrected chi connectivity index (χ2v) is 10.5. The topological polar surface area (TPSA) is 52.6 Å². The zero-order valence-corrected chi connectivity index (χ0v) is 24.3. The lowest BCUT2D eigenvalue weighted by Gasteiger charge is -2.27. The van der Waals surface area contributed by atoms with E-state index in [2.05, 4.69) is 20.8 Å². The third-order valence-electron chi connectivity index (χ3n) is 7.82. The molecule has 0 aromatic carbocycles. The number of hydrogen-bond donors (Lipinski definition) is 0. The molecule has 0 fully saturated rings. The molecule has 0 atom stereocenters. The van der Waals surface area contributed by atoms with Crippen molar-refractivity contribution in [3.05, 3.63) is 0 Å². The first-order chi connectivity index (χ1) is 17.0. The molecule has 0 heterocycles. The first-order valence-corrected chi connectivity index (χ1v) is 15.4. The highest BCUT2D eigenvalue weighted by atomic mass is 16.6. The second-order valence-electron chi connectivity index (χ2n) is 10.5. The van der Waals surface area contributed by atoms with E-state index >= 15 is 0 Å². The third-order valence-corrected chi connectivity index (χ3v) is 7.82. The highest BCUT2D eigenvalue weighted by Gasteiger charge is 2.46. The number of carbonyl (C=O) groups excluding carboxylic acids is 2. The van der Waals surface area contributed by atoms with E-state index < -0.39 is 17.4 Å². The Balaban J connectivity index is 3.83. The molecule has 0 amide bonds. The van der Waals surface area contributed by atoms with Crippen molar-refractivity contribution in [3.8, 4) is 0 Å². The number of ether oxygens (including phenoxy) is 2. The average Bonchev–Trinajstić information content (AvgIpc) is 2.87. The third kappa shape index (κ3) is 15.6. The molecule has 0 radical (unpaired) electrons. The van der Waals surface area contributed by atoms with Crippen LogP contribution in [0.25, 0.3) is 0 Å². The minimum Gasteiger partial charge on any atom is -0.465 e. The Bertz CT molecular complexity index is 494. The number of esters is 2. The summed E-state index contributed by atoms with van der Waals surface area (Å²) >= 11 is 0. The molecule has 0 bridgehead atoms. The van der Waals surface area contributed by atoms with E-state index in [1.165, 1.54) is 89.9 Å². The van der Waals surface area contributed by atoms with E-state index in [4.69, 9.17) is 9.47 Å². The van der Waals surface area contributed by atoms with Crippen LogP contribution in [0.3, 0.4) is 0 Å². The summed E-state index contributed by atoms with van der Waals surface area (Å²) < 4.78 is 11.1. The lowest BCUT2D eigenvalue weighted by atomic mass is 9.82. The van der Waals surface area contributed by atoms with E-state index in [9.17, 15) is 9.59 Å². The Hall–Kier alpha value is -1.06. The number of unbranched alkanes of at least 4 members (excludes halogenated alkanes) is 15. The van der Waals surface area contributed by atoms with Gasteiger partial charge in [0.2, 0.25) is 0 Å². The van der Waals surface area contributed by atoms with Crippen LogP contribution in [0.1, 0.15) is 163 Å². The Labute approximate surface area is 218 Å². The zero-order chi connectivity index (χ0) is 26.2. The Morgan fingerprint density at radius 1 is 0.543 bits per heavy atom. The van der Waals surface area contributed by atoms with Crippen molar-refractivity contribution in [1.29, 1.82) is 0 Å². The molecule has 0 saturated heterocycles. The molecule has 0 aliphatic heterocycles. The summed E-state index contributed by atoms with van der Waals surface area (Å²) in [6.45, 7) is 11.0. The van der Waals surface area contributed by atoms with Gasteiger partial charge in [0.15, 0.2) is 5.41 Å². The van der Waals surface area contributed by atoms with Crippen molar-refractivity contribution in [2.24, 2.45) is 11.3 Å². The smallest absolute Gasteiger partial charge is 0.323 e. The Kier molecular flexibility index (Phi) is 22.6. The summed E-state index contributed by atoms with van der Waals surface area (Å²) in [4.78, 5) is 25.6. The van der Waals surface area contributed by atoms with Gasteiger partial charge in [-0.2, -0.15) is 0 Å². The molecule has 0 spiro atoms. The van der Waals surface area contributed by atoms with Crippen LogP contribution in [0.2, 0.25) is 0 Å². The Morgan fingerprint density at radius 2 is 0.914 bits per heavy atom. The fraction of sp³-hybridized carbons (Fsp3) is 0.935.